The smallest absolute Gasteiger partial charge is 0.266 e. The second-order valence-electron chi connectivity index (χ2n) is 7.11. The van der Waals surface area contributed by atoms with Gasteiger partial charge in [-0.2, -0.15) is 0 Å². The zero-order valence-electron chi connectivity index (χ0n) is 16.8. The van der Waals surface area contributed by atoms with Crippen molar-refractivity contribution in [3.63, 3.8) is 0 Å². The molecular weight excluding hydrogens is 375 g/mol. The summed E-state index contributed by atoms with van der Waals surface area (Å²) in [5.41, 5.74) is 0.847. The number of amides is 1. The van der Waals surface area contributed by atoms with Crippen LogP contribution in [0, 0.1) is 0 Å². The molecule has 0 aliphatic rings. The van der Waals surface area contributed by atoms with Gasteiger partial charge in [-0.05, 0) is 42.7 Å². The first-order chi connectivity index (χ1) is 13.8. The number of carbonyl (C=O) groups is 1. The second-order valence-corrected chi connectivity index (χ2v) is 7.11. The average Bonchev–Trinajstić information content (AvgIpc) is 2.76. The van der Waals surface area contributed by atoms with Crippen LogP contribution in [0.1, 0.15) is 19.4 Å². The van der Waals surface area contributed by atoms with Crippen LogP contribution in [0.15, 0.2) is 54.6 Å². The molecule has 7 heteroatoms. The Kier molecular flexibility index (Phi) is 7.50. The Balaban J connectivity index is 2.03. The van der Waals surface area contributed by atoms with Crippen molar-refractivity contribution in [3.8, 4) is 16.9 Å². The number of ether oxygens (including phenoxy) is 1. The standard InChI is InChI=1S/C22H27FN2O4/c1-21(27,15-23)22(2,20(26)25-28)24-14-4-5-16-6-8-17(9-7-16)18-10-12-19(29-3)13-11-18/h4-13,24,27-28H,14-15H2,1-3H3,(H,25,26). The van der Waals surface area contributed by atoms with Crippen molar-refractivity contribution in [1.82, 2.24) is 10.8 Å². The van der Waals surface area contributed by atoms with Crippen LogP contribution in [0.25, 0.3) is 17.2 Å². The first kappa shape index (κ1) is 22.5. The minimum absolute atomic E-state index is 0.181. The minimum Gasteiger partial charge on any atom is -0.497 e. The Hall–Kier alpha value is -2.74. The van der Waals surface area contributed by atoms with Crippen molar-refractivity contribution in [2.75, 3.05) is 20.3 Å². The molecule has 2 unspecified atom stereocenters. The maximum atomic E-state index is 13.2. The molecular formula is C22H27FN2O4. The lowest BCUT2D eigenvalue weighted by Crippen LogP contribution is -2.68. The summed E-state index contributed by atoms with van der Waals surface area (Å²) < 4.78 is 18.3. The van der Waals surface area contributed by atoms with E-state index >= 15 is 0 Å². The predicted molar refractivity (Wildman–Crippen MR) is 110 cm³/mol. The molecule has 2 rings (SSSR count). The molecule has 0 saturated heterocycles. The zero-order chi connectivity index (χ0) is 21.5. The Morgan fingerprint density at radius 2 is 1.66 bits per heavy atom. The van der Waals surface area contributed by atoms with E-state index in [1.807, 2.05) is 54.6 Å². The highest BCUT2D eigenvalue weighted by Gasteiger charge is 2.49. The normalized spacial score (nSPS) is 15.5. The van der Waals surface area contributed by atoms with Gasteiger partial charge in [0, 0.05) is 6.54 Å². The molecule has 4 N–H and O–H groups in total. The molecule has 0 heterocycles. The first-order valence-corrected chi connectivity index (χ1v) is 9.16. The van der Waals surface area contributed by atoms with E-state index in [-0.39, 0.29) is 6.54 Å². The predicted octanol–water partition coefficient (Wildman–Crippen LogP) is 2.95. The number of aliphatic hydroxyl groups is 1. The molecule has 0 aliphatic heterocycles. The number of carbonyl (C=O) groups excluding carboxylic acids is 1. The lowest BCUT2D eigenvalue weighted by atomic mass is 9.82. The van der Waals surface area contributed by atoms with E-state index in [9.17, 15) is 14.3 Å². The summed E-state index contributed by atoms with van der Waals surface area (Å²) in [5, 5.41) is 21.9. The van der Waals surface area contributed by atoms with Gasteiger partial charge in [-0.1, -0.05) is 48.6 Å². The van der Waals surface area contributed by atoms with E-state index in [2.05, 4.69) is 5.32 Å². The van der Waals surface area contributed by atoms with Gasteiger partial charge >= 0.3 is 0 Å². The minimum atomic E-state index is -1.99. The number of hydroxylamine groups is 1. The quantitative estimate of drug-likeness (QED) is 0.382. The highest BCUT2D eigenvalue weighted by Crippen LogP contribution is 2.24. The van der Waals surface area contributed by atoms with Crippen LogP contribution >= 0.6 is 0 Å². The van der Waals surface area contributed by atoms with Crippen LogP contribution in [0.4, 0.5) is 4.39 Å². The molecule has 2 atom stereocenters. The maximum Gasteiger partial charge on any atom is 0.266 e. The largest absolute Gasteiger partial charge is 0.497 e. The molecule has 0 fully saturated rings. The molecule has 0 aromatic heterocycles. The summed E-state index contributed by atoms with van der Waals surface area (Å²) >= 11 is 0. The Morgan fingerprint density at radius 1 is 1.10 bits per heavy atom. The van der Waals surface area contributed by atoms with Gasteiger partial charge in [-0.15, -0.1) is 0 Å². The number of alkyl halides is 1. The molecule has 0 aliphatic carbocycles. The molecule has 0 radical (unpaired) electrons. The van der Waals surface area contributed by atoms with Crippen molar-refractivity contribution in [1.29, 1.82) is 0 Å². The van der Waals surface area contributed by atoms with Gasteiger partial charge in [0.15, 0.2) is 0 Å². The van der Waals surface area contributed by atoms with Crippen molar-refractivity contribution < 1.29 is 24.2 Å². The monoisotopic (exact) mass is 402 g/mol. The van der Waals surface area contributed by atoms with E-state index in [4.69, 9.17) is 9.94 Å². The SMILES string of the molecule is COc1ccc(-c2ccc(C=CCNC(C)(C(=O)NO)C(C)(O)CF)cc2)cc1. The Morgan fingerprint density at radius 3 is 2.14 bits per heavy atom. The molecule has 0 bridgehead atoms. The fourth-order valence-electron chi connectivity index (χ4n) is 2.79. The topological polar surface area (TPSA) is 90.8 Å². The molecule has 2 aromatic carbocycles. The van der Waals surface area contributed by atoms with Gasteiger partial charge in [0.25, 0.3) is 5.91 Å². The van der Waals surface area contributed by atoms with Gasteiger partial charge in [0.2, 0.25) is 0 Å². The van der Waals surface area contributed by atoms with Crippen LogP contribution in [0.2, 0.25) is 0 Å². The van der Waals surface area contributed by atoms with Gasteiger partial charge < -0.3 is 9.84 Å². The number of nitrogens with one attached hydrogen (secondary N) is 2. The van der Waals surface area contributed by atoms with Crippen molar-refractivity contribution >= 4 is 12.0 Å². The second kappa shape index (κ2) is 9.65. The molecule has 0 spiro atoms. The third kappa shape index (κ3) is 5.20. The van der Waals surface area contributed by atoms with Crippen LogP contribution in [0.5, 0.6) is 5.75 Å². The number of halogens is 1. The van der Waals surface area contributed by atoms with Gasteiger partial charge in [-0.25, -0.2) is 9.87 Å². The number of hydrogen-bond donors (Lipinski definition) is 4. The van der Waals surface area contributed by atoms with E-state index in [0.717, 1.165) is 22.4 Å². The van der Waals surface area contributed by atoms with Crippen LogP contribution in [-0.2, 0) is 4.79 Å². The number of methoxy groups -OCH3 is 1. The van der Waals surface area contributed by atoms with Crippen molar-refractivity contribution in [2.45, 2.75) is 25.0 Å². The first-order valence-electron chi connectivity index (χ1n) is 9.16. The highest BCUT2D eigenvalue weighted by atomic mass is 19.1. The highest BCUT2D eigenvalue weighted by molar-refractivity contribution is 5.86. The third-order valence-electron chi connectivity index (χ3n) is 5.11. The van der Waals surface area contributed by atoms with E-state index in [1.54, 1.807) is 13.2 Å². The number of hydrogen-bond acceptors (Lipinski definition) is 5. The summed E-state index contributed by atoms with van der Waals surface area (Å²) in [5.74, 6) is -0.119. The Labute approximate surface area is 170 Å². The van der Waals surface area contributed by atoms with Gasteiger partial charge in [0.05, 0.1) is 7.11 Å². The van der Waals surface area contributed by atoms with E-state index in [0.29, 0.717) is 0 Å². The molecule has 2 aromatic rings. The van der Waals surface area contributed by atoms with Crippen LogP contribution < -0.4 is 15.5 Å². The summed E-state index contributed by atoms with van der Waals surface area (Å²) in [6.45, 7) is 1.55. The summed E-state index contributed by atoms with van der Waals surface area (Å²) in [6.07, 6.45) is 3.59. The lowest BCUT2D eigenvalue weighted by Gasteiger charge is -2.39. The van der Waals surface area contributed by atoms with E-state index in [1.165, 1.54) is 19.3 Å². The van der Waals surface area contributed by atoms with Gasteiger partial charge in [-0.3, -0.25) is 15.3 Å². The number of rotatable bonds is 9. The zero-order valence-corrected chi connectivity index (χ0v) is 16.8. The van der Waals surface area contributed by atoms with Gasteiger partial charge in [0.1, 0.15) is 23.6 Å². The molecule has 6 nitrogen and oxygen atoms in total. The third-order valence-corrected chi connectivity index (χ3v) is 5.11. The van der Waals surface area contributed by atoms with Crippen molar-refractivity contribution in [2.24, 2.45) is 0 Å². The molecule has 29 heavy (non-hydrogen) atoms. The van der Waals surface area contributed by atoms with Crippen LogP contribution in [-0.4, -0.2) is 47.7 Å². The van der Waals surface area contributed by atoms with E-state index < -0.39 is 23.7 Å². The number of benzene rings is 2. The Bertz CT molecular complexity index is 835. The summed E-state index contributed by atoms with van der Waals surface area (Å²) in [7, 11) is 1.63. The fourth-order valence-corrected chi connectivity index (χ4v) is 2.79. The summed E-state index contributed by atoms with van der Waals surface area (Å²) in [4.78, 5) is 11.9. The molecule has 1 amide bonds. The lowest BCUT2D eigenvalue weighted by molar-refractivity contribution is -0.148. The maximum absolute atomic E-state index is 13.2. The fraction of sp³-hybridized carbons (Fsp3) is 0.318. The average molecular weight is 402 g/mol. The summed E-state index contributed by atoms with van der Waals surface area (Å²) in [6, 6.07) is 15.7. The van der Waals surface area contributed by atoms with Crippen LogP contribution in [0.3, 0.4) is 0 Å². The molecule has 0 saturated carbocycles. The molecule has 156 valence electrons. The van der Waals surface area contributed by atoms with Crippen molar-refractivity contribution in [3.05, 3.63) is 60.2 Å².